The van der Waals surface area contributed by atoms with Gasteiger partial charge in [0.15, 0.2) is 0 Å². The summed E-state index contributed by atoms with van der Waals surface area (Å²) in [6.07, 6.45) is 1.79. The van der Waals surface area contributed by atoms with Crippen LogP contribution < -0.4 is 5.32 Å². The lowest BCUT2D eigenvalue weighted by Gasteiger charge is -2.22. The van der Waals surface area contributed by atoms with E-state index in [1.807, 2.05) is 29.8 Å². The number of nitrogens with zero attached hydrogens (tertiary/aromatic N) is 3. The van der Waals surface area contributed by atoms with Gasteiger partial charge in [0, 0.05) is 32.9 Å². The maximum atomic E-state index is 12.5. The van der Waals surface area contributed by atoms with Gasteiger partial charge in [0.05, 0.1) is 31.3 Å². The van der Waals surface area contributed by atoms with Crippen LogP contribution in [0.15, 0.2) is 28.8 Å². The fourth-order valence-electron chi connectivity index (χ4n) is 3.03. The SMILES string of the molecule is COCCNC(=O)C1CN(Cc2ccc(C)o2)Cc2ccnn2C1. The number of rotatable bonds is 6. The minimum absolute atomic E-state index is 0.0380. The maximum absolute atomic E-state index is 12.5. The standard InChI is InChI=1S/C17H24N4O3/c1-13-3-4-16(24-13)12-20-9-14(17(22)18-7-8-23-2)10-21-15(11-20)5-6-19-21/h3-6,14H,7-12H2,1-2H3,(H,18,22). The minimum Gasteiger partial charge on any atom is -0.465 e. The highest BCUT2D eigenvalue weighted by molar-refractivity contribution is 5.78. The molecule has 0 saturated carbocycles. The molecule has 0 radical (unpaired) electrons. The van der Waals surface area contributed by atoms with E-state index in [1.54, 1.807) is 13.3 Å². The number of amides is 1. The van der Waals surface area contributed by atoms with Crippen molar-refractivity contribution in [2.24, 2.45) is 5.92 Å². The Morgan fingerprint density at radius 3 is 3.04 bits per heavy atom. The van der Waals surface area contributed by atoms with Crippen LogP contribution in [-0.2, 0) is 29.2 Å². The highest BCUT2D eigenvalue weighted by atomic mass is 16.5. The molecule has 7 heteroatoms. The van der Waals surface area contributed by atoms with Crippen LogP contribution >= 0.6 is 0 Å². The van der Waals surface area contributed by atoms with E-state index in [9.17, 15) is 4.79 Å². The largest absolute Gasteiger partial charge is 0.465 e. The Hall–Kier alpha value is -2.12. The molecule has 1 atom stereocenters. The van der Waals surface area contributed by atoms with E-state index in [0.717, 1.165) is 23.8 Å². The third kappa shape index (κ3) is 4.04. The summed E-state index contributed by atoms with van der Waals surface area (Å²) >= 11 is 0. The van der Waals surface area contributed by atoms with Crippen LogP contribution in [0.4, 0.5) is 0 Å². The second kappa shape index (κ2) is 7.63. The Labute approximate surface area is 141 Å². The van der Waals surface area contributed by atoms with E-state index in [0.29, 0.717) is 32.8 Å². The molecule has 1 amide bonds. The number of carbonyl (C=O) groups excluding carboxylic acids is 1. The van der Waals surface area contributed by atoms with Crippen LogP contribution in [0, 0.1) is 12.8 Å². The summed E-state index contributed by atoms with van der Waals surface area (Å²) < 4.78 is 12.6. The second-order valence-corrected chi connectivity index (χ2v) is 6.17. The van der Waals surface area contributed by atoms with Gasteiger partial charge in [-0.2, -0.15) is 5.10 Å². The molecule has 0 aliphatic carbocycles. The number of aromatic nitrogens is 2. The molecule has 7 nitrogen and oxygen atoms in total. The zero-order valence-corrected chi connectivity index (χ0v) is 14.2. The van der Waals surface area contributed by atoms with E-state index < -0.39 is 0 Å². The van der Waals surface area contributed by atoms with E-state index >= 15 is 0 Å². The first-order chi connectivity index (χ1) is 11.7. The van der Waals surface area contributed by atoms with Crippen LogP contribution in [0.25, 0.3) is 0 Å². The number of ether oxygens (including phenoxy) is 1. The molecule has 2 aromatic heterocycles. The van der Waals surface area contributed by atoms with E-state index in [4.69, 9.17) is 9.15 Å². The molecule has 1 N–H and O–H groups in total. The van der Waals surface area contributed by atoms with Gasteiger partial charge in [-0.15, -0.1) is 0 Å². The number of hydrogen-bond donors (Lipinski definition) is 1. The number of furan rings is 1. The van der Waals surface area contributed by atoms with Gasteiger partial charge in [-0.05, 0) is 25.1 Å². The van der Waals surface area contributed by atoms with Gasteiger partial charge >= 0.3 is 0 Å². The molecule has 2 aromatic rings. The minimum atomic E-state index is -0.154. The summed E-state index contributed by atoms with van der Waals surface area (Å²) in [7, 11) is 1.63. The van der Waals surface area contributed by atoms with Crippen LogP contribution in [-0.4, -0.2) is 47.4 Å². The number of hydrogen-bond acceptors (Lipinski definition) is 5. The lowest BCUT2D eigenvalue weighted by Crippen LogP contribution is -2.40. The van der Waals surface area contributed by atoms with Crippen molar-refractivity contribution in [3.05, 3.63) is 41.6 Å². The molecule has 0 saturated heterocycles. The van der Waals surface area contributed by atoms with Crippen molar-refractivity contribution in [3.63, 3.8) is 0 Å². The summed E-state index contributed by atoms with van der Waals surface area (Å²) in [6, 6.07) is 5.96. The Kier molecular flexibility index (Phi) is 5.32. The Bertz CT molecular complexity index is 679. The molecule has 3 rings (SSSR count). The van der Waals surface area contributed by atoms with Gasteiger partial charge in [0.2, 0.25) is 5.91 Å². The first kappa shape index (κ1) is 16.7. The molecular formula is C17H24N4O3. The van der Waals surface area contributed by atoms with Crippen LogP contribution in [0.1, 0.15) is 17.2 Å². The van der Waals surface area contributed by atoms with Crippen molar-refractivity contribution in [1.29, 1.82) is 0 Å². The lowest BCUT2D eigenvalue weighted by atomic mass is 10.1. The Morgan fingerprint density at radius 1 is 1.42 bits per heavy atom. The predicted octanol–water partition coefficient (Wildman–Crippen LogP) is 1.18. The predicted molar refractivity (Wildman–Crippen MR) is 88.2 cm³/mol. The fraction of sp³-hybridized carbons (Fsp3) is 0.529. The van der Waals surface area contributed by atoms with Crippen LogP contribution in [0.5, 0.6) is 0 Å². The normalized spacial score (nSPS) is 18.2. The zero-order chi connectivity index (χ0) is 16.9. The molecule has 0 spiro atoms. The first-order valence-corrected chi connectivity index (χ1v) is 8.20. The number of carbonyl (C=O) groups is 1. The van der Waals surface area contributed by atoms with E-state index in [1.165, 1.54) is 0 Å². The van der Waals surface area contributed by atoms with Crippen molar-refractivity contribution in [2.75, 3.05) is 26.8 Å². The van der Waals surface area contributed by atoms with Gasteiger partial charge in [0.1, 0.15) is 11.5 Å². The molecule has 1 aliphatic rings. The van der Waals surface area contributed by atoms with Crippen molar-refractivity contribution < 1.29 is 13.9 Å². The highest BCUT2D eigenvalue weighted by Gasteiger charge is 2.27. The van der Waals surface area contributed by atoms with Crippen LogP contribution in [0.3, 0.4) is 0 Å². The molecule has 0 fully saturated rings. The summed E-state index contributed by atoms with van der Waals surface area (Å²) in [6.45, 7) is 5.67. The molecular weight excluding hydrogens is 308 g/mol. The highest BCUT2D eigenvalue weighted by Crippen LogP contribution is 2.19. The van der Waals surface area contributed by atoms with Gasteiger partial charge in [-0.3, -0.25) is 14.4 Å². The van der Waals surface area contributed by atoms with Crippen molar-refractivity contribution >= 4 is 5.91 Å². The molecule has 130 valence electrons. The molecule has 0 bridgehead atoms. The number of methoxy groups -OCH3 is 1. The van der Waals surface area contributed by atoms with Crippen molar-refractivity contribution in [3.8, 4) is 0 Å². The third-order valence-corrected chi connectivity index (χ3v) is 4.21. The molecule has 1 aliphatic heterocycles. The van der Waals surface area contributed by atoms with Gasteiger partial charge < -0.3 is 14.5 Å². The van der Waals surface area contributed by atoms with Gasteiger partial charge in [-0.1, -0.05) is 0 Å². The van der Waals surface area contributed by atoms with Crippen molar-refractivity contribution in [2.45, 2.75) is 26.6 Å². The number of fused-ring (bicyclic) bond motifs is 1. The smallest absolute Gasteiger partial charge is 0.226 e. The summed E-state index contributed by atoms with van der Waals surface area (Å²) in [5, 5.41) is 7.29. The average Bonchev–Trinajstić information content (AvgIpc) is 3.12. The monoisotopic (exact) mass is 332 g/mol. The second-order valence-electron chi connectivity index (χ2n) is 6.17. The van der Waals surface area contributed by atoms with Gasteiger partial charge in [0.25, 0.3) is 0 Å². The number of aryl methyl sites for hydroxylation is 1. The Balaban J connectivity index is 1.71. The topological polar surface area (TPSA) is 72.5 Å². The van der Waals surface area contributed by atoms with Gasteiger partial charge in [-0.25, -0.2) is 0 Å². The van der Waals surface area contributed by atoms with E-state index in [-0.39, 0.29) is 11.8 Å². The average molecular weight is 332 g/mol. The van der Waals surface area contributed by atoms with Crippen LogP contribution in [0.2, 0.25) is 0 Å². The summed E-state index contributed by atoms with van der Waals surface area (Å²) in [5.41, 5.74) is 1.12. The molecule has 24 heavy (non-hydrogen) atoms. The molecule has 3 heterocycles. The van der Waals surface area contributed by atoms with E-state index in [2.05, 4.69) is 15.3 Å². The first-order valence-electron chi connectivity index (χ1n) is 8.20. The molecule has 0 aromatic carbocycles. The third-order valence-electron chi connectivity index (χ3n) is 4.21. The summed E-state index contributed by atoms with van der Waals surface area (Å²) in [4.78, 5) is 14.7. The Morgan fingerprint density at radius 2 is 2.29 bits per heavy atom. The fourth-order valence-corrected chi connectivity index (χ4v) is 3.03. The quantitative estimate of drug-likeness (QED) is 0.804. The lowest BCUT2D eigenvalue weighted by molar-refractivity contribution is -0.126. The number of nitrogens with one attached hydrogen (secondary N) is 1. The molecule has 1 unspecified atom stereocenters. The zero-order valence-electron chi connectivity index (χ0n) is 14.2. The van der Waals surface area contributed by atoms with Crippen molar-refractivity contribution in [1.82, 2.24) is 20.0 Å². The maximum Gasteiger partial charge on any atom is 0.226 e. The summed E-state index contributed by atoms with van der Waals surface area (Å²) in [5.74, 6) is 1.70.